The molecule has 0 heterocycles. The molecule has 11 heavy (non-hydrogen) atoms. The van der Waals surface area contributed by atoms with E-state index in [1.807, 2.05) is 0 Å². The largest absolute Gasteiger partial charge is 2.00 e. The van der Waals surface area contributed by atoms with Gasteiger partial charge < -0.3 is 25.5 Å². The van der Waals surface area contributed by atoms with E-state index in [0.717, 1.165) is 0 Å². The standard InChI is InChI=1S/C5H9NO4.Cu/c6-3(5(9)10)1-2-4(7)8;/h3H,1-2,6H2,(H,7,8)(H,9,10);/q;+2/p-2/t3-;/m0./s1. The number of rotatable bonds is 4. The summed E-state index contributed by atoms with van der Waals surface area (Å²) in [5.41, 5.74) is 4.91. The molecule has 0 saturated carbocycles. The van der Waals surface area contributed by atoms with Crippen LogP contribution in [0.1, 0.15) is 12.8 Å². The number of hydrogen-bond acceptors (Lipinski definition) is 5. The fourth-order valence-corrected chi connectivity index (χ4v) is 0.391. The number of carbonyl (C=O) groups excluding carboxylic acids is 2. The number of carboxylic acid groups (broad SMARTS) is 2. The van der Waals surface area contributed by atoms with Crippen LogP contribution in [-0.4, -0.2) is 18.0 Å². The Bertz CT molecular complexity index is 149. The van der Waals surface area contributed by atoms with Crippen LogP contribution >= 0.6 is 0 Å². The van der Waals surface area contributed by atoms with Gasteiger partial charge in [-0.05, 0) is 12.8 Å². The number of carbonyl (C=O) groups is 2. The third kappa shape index (κ3) is 7.31. The number of carboxylic acids is 2. The summed E-state index contributed by atoms with van der Waals surface area (Å²) < 4.78 is 0. The van der Waals surface area contributed by atoms with Crippen molar-refractivity contribution in [2.24, 2.45) is 5.73 Å². The Balaban J connectivity index is 0. The molecule has 0 bridgehead atoms. The van der Waals surface area contributed by atoms with E-state index < -0.39 is 18.0 Å². The molecule has 0 saturated heterocycles. The molecule has 67 valence electrons. The molecule has 0 aromatic carbocycles. The molecule has 0 aromatic rings. The van der Waals surface area contributed by atoms with Gasteiger partial charge in [0.05, 0.1) is 5.97 Å². The van der Waals surface area contributed by atoms with E-state index in [4.69, 9.17) is 5.73 Å². The molecule has 1 radical (unpaired) electrons. The average molecular weight is 209 g/mol. The molecule has 0 fully saturated rings. The molecule has 0 aliphatic carbocycles. The van der Waals surface area contributed by atoms with Crippen molar-refractivity contribution in [1.29, 1.82) is 0 Å². The summed E-state index contributed by atoms with van der Waals surface area (Å²) in [6, 6.07) is -1.21. The summed E-state index contributed by atoms with van der Waals surface area (Å²) >= 11 is 0. The van der Waals surface area contributed by atoms with Crippen molar-refractivity contribution in [3.05, 3.63) is 0 Å². The van der Waals surface area contributed by atoms with Gasteiger partial charge in [0.25, 0.3) is 0 Å². The van der Waals surface area contributed by atoms with Crippen LogP contribution in [0.2, 0.25) is 0 Å². The first-order valence-corrected chi connectivity index (χ1v) is 2.70. The Morgan fingerprint density at radius 1 is 1.36 bits per heavy atom. The Morgan fingerprint density at radius 3 is 2.09 bits per heavy atom. The molecular weight excluding hydrogens is 202 g/mol. The first-order valence-electron chi connectivity index (χ1n) is 2.70. The third-order valence-electron chi connectivity index (χ3n) is 0.962. The smallest absolute Gasteiger partial charge is 0.550 e. The first-order chi connectivity index (χ1) is 4.54. The maximum absolute atomic E-state index is 9.86. The van der Waals surface area contributed by atoms with Gasteiger partial charge in [0.15, 0.2) is 0 Å². The predicted molar refractivity (Wildman–Crippen MR) is 27.2 cm³/mol. The van der Waals surface area contributed by atoms with Gasteiger partial charge in [0, 0.05) is 12.0 Å². The Morgan fingerprint density at radius 2 is 1.82 bits per heavy atom. The van der Waals surface area contributed by atoms with E-state index in [-0.39, 0.29) is 29.9 Å². The van der Waals surface area contributed by atoms with Gasteiger partial charge in [-0.25, -0.2) is 0 Å². The van der Waals surface area contributed by atoms with Gasteiger partial charge in [-0.1, -0.05) is 0 Å². The van der Waals surface area contributed by atoms with Crippen molar-refractivity contribution in [2.75, 3.05) is 0 Å². The summed E-state index contributed by atoms with van der Waals surface area (Å²) in [7, 11) is 0. The van der Waals surface area contributed by atoms with Crippen LogP contribution in [0.25, 0.3) is 0 Å². The normalized spacial score (nSPS) is 11.4. The van der Waals surface area contributed by atoms with Crippen LogP contribution < -0.4 is 15.9 Å². The number of aliphatic carboxylic acids is 2. The summed E-state index contributed by atoms with van der Waals surface area (Å²) in [6.07, 6.45) is -0.500. The molecule has 6 heteroatoms. The molecule has 5 nitrogen and oxygen atoms in total. The molecule has 0 rings (SSSR count). The van der Waals surface area contributed by atoms with Crippen molar-refractivity contribution in [2.45, 2.75) is 18.9 Å². The monoisotopic (exact) mass is 208 g/mol. The summed E-state index contributed by atoms with van der Waals surface area (Å²) in [4.78, 5) is 19.6. The molecule has 0 aliphatic heterocycles. The zero-order valence-electron chi connectivity index (χ0n) is 5.50. The summed E-state index contributed by atoms with van der Waals surface area (Å²) in [5, 5.41) is 19.6. The SMILES string of the molecule is N[C@@H](CCC(=O)[O-])C(=O)[O-].[Cu+2]. The molecule has 1 atom stereocenters. The molecule has 2 N–H and O–H groups in total. The Labute approximate surface area is 74.0 Å². The minimum absolute atomic E-state index is 0. The van der Waals surface area contributed by atoms with Gasteiger partial charge in [-0.2, -0.15) is 0 Å². The quantitative estimate of drug-likeness (QED) is 0.485. The van der Waals surface area contributed by atoms with Crippen LogP contribution in [0, 0.1) is 0 Å². The van der Waals surface area contributed by atoms with E-state index in [9.17, 15) is 19.8 Å². The van der Waals surface area contributed by atoms with Crippen LogP contribution in [0.4, 0.5) is 0 Å². The van der Waals surface area contributed by atoms with Crippen molar-refractivity contribution in [3.63, 3.8) is 0 Å². The molecule has 0 amide bonds. The predicted octanol–water partition coefficient (Wildman–Crippen LogP) is -3.41. The van der Waals surface area contributed by atoms with Crippen LogP contribution in [0.15, 0.2) is 0 Å². The second kappa shape index (κ2) is 6.15. The van der Waals surface area contributed by atoms with Crippen molar-refractivity contribution >= 4 is 11.9 Å². The molecule has 0 aromatic heterocycles. The minimum Gasteiger partial charge on any atom is -0.550 e. The molecule has 0 spiro atoms. The summed E-state index contributed by atoms with van der Waals surface area (Å²) in [5.74, 6) is -2.75. The minimum atomic E-state index is -1.44. The fourth-order valence-electron chi connectivity index (χ4n) is 0.391. The molecule has 0 aliphatic rings. The van der Waals surface area contributed by atoms with Crippen LogP contribution in [-0.2, 0) is 26.7 Å². The van der Waals surface area contributed by atoms with E-state index in [1.165, 1.54) is 0 Å². The summed E-state index contributed by atoms with van der Waals surface area (Å²) in [6.45, 7) is 0. The van der Waals surface area contributed by atoms with Crippen molar-refractivity contribution < 1.29 is 36.9 Å². The van der Waals surface area contributed by atoms with Gasteiger partial charge in [-0.15, -0.1) is 0 Å². The Kier molecular flexibility index (Phi) is 7.29. The van der Waals surface area contributed by atoms with E-state index in [2.05, 4.69) is 0 Å². The molecule has 0 unspecified atom stereocenters. The second-order valence-electron chi connectivity index (χ2n) is 1.84. The van der Waals surface area contributed by atoms with Crippen LogP contribution in [0.3, 0.4) is 0 Å². The molecular formula is C5H7CuNO4. The third-order valence-corrected chi connectivity index (χ3v) is 0.962. The first kappa shape index (κ1) is 13.0. The van der Waals surface area contributed by atoms with Gasteiger partial charge in [-0.3, -0.25) is 0 Å². The van der Waals surface area contributed by atoms with Gasteiger partial charge in [0.2, 0.25) is 0 Å². The number of hydrogen-bond donors (Lipinski definition) is 1. The van der Waals surface area contributed by atoms with Crippen molar-refractivity contribution in [3.8, 4) is 0 Å². The average Bonchev–Trinajstić information content (AvgIpc) is 1.82. The van der Waals surface area contributed by atoms with Crippen molar-refractivity contribution in [1.82, 2.24) is 0 Å². The van der Waals surface area contributed by atoms with Crippen LogP contribution in [0.5, 0.6) is 0 Å². The van der Waals surface area contributed by atoms with E-state index >= 15 is 0 Å². The van der Waals surface area contributed by atoms with Gasteiger partial charge in [0.1, 0.15) is 0 Å². The zero-order chi connectivity index (χ0) is 8.15. The number of nitrogens with two attached hydrogens (primary N) is 1. The van der Waals surface area contributed by atoms with E-state index in [1.54, 1.807) is 0 Å². The maximum Gasteiger partial charge on any atom is 2.00 e. The maximum atomic E-state index is 9.86. The van der Waals surface area contributed by atoms with E-state index in [0.29, 0.717) is 0 Å². The zero-order valence-corrected chi connectivity index (χ0v) is 6.45. The second-order valence-corrected chi connectivity index (χ2v) is 1.84. The van der Waals surface area contributed by atoms with Gasteiger partial charge >= 0.3 is 17.1 Å². The topological polar surface area (TPSA) is 106 Å². The fraction of sp³-hybridized carbons (Fsp3) is 0.600. The Hall–Kier alpha value is -0.581.